The van der Waals surface area contributed by atoms with Gasteiger partial charge in [0.15, 0.2) is 0 Å². The summed E-state index contributed by atoms with van der Waals surface area (Å²) < 4.78 is 32.9. The van der Waals surface area contributed by atoms with Gasteiger partial charge in [-0.1, -0.05) is 29.8 Å². The number of morpholine rings is 1. The maximum Gasteiger partial charge on any atom is 0.233 e. The third-order valence-corrected chi connectivity index (χ3v) is 6.17. The molecule has 1 aromatic heterocycles. The minimum atomic E-state index is -3.50. The summed E-state index contributed by atoms with van der Waals surface area (Å²) in [4.78, 5) is 2.28. The average molecular weight is 393 g/mol. The topological polar surface area (TPSA) is 58.6 Å². The molecule has 0 aliphatic carbocycles. The van der Waals surface area contributed by atoms with Crippen LogP contribution in [0.15, 0.2) is 46.5 Å². The highest BCUT2D eigenvalue weighted by Gasteiger charge is 2.24. The van der Waals surface area contributed by atoms with Crippen molar-refractivity contribution in [2.45, 2.75) is 13.0 Å². The Morgan fingerprint density at radius 1 is 1.23 bits per heavy atom. The summed E-state index contributed by atoms with van der Waals surface area (Å²) in [6.45, 7) is 5.32. The van der Waals surface area contributed by atoms with Crippen LogP contribution in [0.2, 0.25) is 0 Å². The van der Waals surface area contributed by atoms with Crippen molar-refractivity contribution in [2.75, 3.05) is 32.8 Å². The van der Waals surface area contributed by atoms with Crippen molar-refractivity contribution in [3.05, 3.63) is 63.2 Å². The molecule has 0 spiro atoms. The van der Waals surface area contributed by atoms with Gasteiger partial charge in [-0.05, 0) is 41.0 Å². The van der Waals surface area contributed by atoms with Crippen LogP contribution in [-0.2, 0) is 14.8 Å². The maximum atomic E-state index is 12.4. The largest absolute Gasteiger partial charge is 0.379 e. The first kappa shape index (κ1) is 19.3. The van der Waals surface area contributed by atoms with Crippen molar-refractivity contribution >= 4 is 27.4 Å². The molecule has 5 nitrogen and oxygen atoms in total. The number of rotatable bonds is 7. The highest BCUT2D eigenvalue weighted by molar-refractivity contribution is 7.92. The first-order chi connectivity index (χ1) is 12.5. The van der Waals surface area contributed by atoms with E-state index in [4.69, 9.17) is 4.74 Å². The molecule has 1 aromatic carbocycles. The molecular formula is C19H24N2O3S2. The van der Waals surface area contributed by atoms with Gasteiger partial charge in [0.25, 0.3) is 0 Å². The van der Waals surface area contributed by atoms with Gasteiger partial charge in [-0.25, -0.2) is 13.1 Å². The monoisotopic (exact) mass is 392 g/mol. The molecule has 0 amide bonds. The Kier molecular flexibility index (Phi) is 6.61. The first-order valence-electron chi connectivity index (χ1n) is 8.62. The summed E-state index contributed by atoms with van der Waals surface area (Å²) in [6, 6.07) is 9.82. The fraction of sp³-hybridized carbons (Fsp3) is 0.368. The molecule has 1 fully saturated rings. The zero-order valence-electron chi connectivity index (χ0n) is 14.8. The van der Waals surface area contributed by atoms with E-state index in [-0.39, 0.29) is 6.04 Å². The zero-order chi connectivity index (χ0) is 18.4. The van der Waals surface area contributed by atoms with Crippen molar-refractivity contribution in [3.8, 4) is 0 Å². The number of hydrogen-bond acceptors (Lipinski definition) is 5. The van der Waals surface area contributed by atoms with Crippen molar-refractivity contribution < 1.29 is 13.2 Å². The highest BCUT2D eigenvalue weighted by atomic mass is 32.2. The fourth-order valence-electron chi connectivity index (χ4n) is 2.90. The van der Waals surface area contributed by atoms with Crippen molar-refractivity contribution in [1.82, 2.24) is 9.62 Å². The van der Waals surface area contributed by atoms with E-state index in [1.165, 1.54) is 5.41 Å². The number of benzene rings is 1. The molecule has 26 heavy (non-hydrogen) atoms. The Labute approximate surface area is 159 Å². The first-order valence-corrected chi connectivity index (χ1v) is 11.1. The Balaban J connectivity index is 1.66. The van der Waals surface area contributed by atoms with Crippen molar-refractivity contribution in [3.63, 3.8) is 0 Å². The molecule has 1 aliphatic rings. The lowest BCUT2D eigenvalue weighted by Gasteiger charge is -2.34. The minimum Gasteiger partial charge on any atom is -0.379 e. The molecule has 2 heterocycles. The van der Waals surface area contributed by atoms with Gasteiger partial charge < -0.3 is 4.74 Å². The summed E-state index contributed by atoms with van der Waals surface area (Å²) in [5.74, 6) is 0. The summed E-state index contributed by atoms with van der Waals surface area (Å²) >= 11 is 1.62. The lowest BCUT2D eigenvalue weighted by Crippen LogP contribution is -2.43. The molecule has 0 radical (unpaired) electrons. The Morgan fingerprint density at radius 3 is 2.62 bits per heavy atom. The summed E-state index contributed by atoms with van der Waals surface area (Å²) in [5.41, 5.74) is 3.15. The second-order valence-electron chi connectivity index (χ2n) is 6.33. The van der Waals surface area contributed by atoms with Crippen LogP contribution in [-0.4, -0.2) is 46.2 Å². The van der Waals surface area contributed by atoms with E-state index in [0.29, 0.717) is 19.8 Å². The second-order valence-corrected chi connectivity index (χ2v) is 8.76. The third-order valence-electron chi connectivity index (χ3n) is 4.41. The highest BCUT2D eigenvalue weighted by Crippen LogP contribution is 2.23. The van der Waals surface area contributed by atoms with Gasteiger partial charge in [0.2, 0.25) is 10.0 Å². The minimum absolute atomic E-state index is 0.0210. The molecule has 7 heteroatoms. The summed E-state index contributed by atoms with van der Waals surface area (Å²) in [6.07, 6.45) is 1.62. The van der Waals surface area contributed by atoms with E-state index in [0.717, 1.165) is 29.8 Å². The van der Waals surface area contributed by atoms with E-state index in [1.54, 1.807) is 17.4 Å². The van der Waals surface area contributed by atoms with Gasteiger partial charge in [0.1, 0.15) is 0 Å². The molecule has 2 aromatic rings. The third kappa shape index (κ3) is 5.49. The number of thiophene rings is 1. The summed E-state index contributed by atoms with van der Waals surface area (Å²) in [7, 11) is -3.50. The number of hydrogen-bond donors (Lipinski definition) is 1. The SMILES string of the molecule is Cc1ccc(C=CS(=O)(=O)NCC(c2ccsc2)N2CCOCC2)cc1. The van der Waals surface area contributed by atoms with Gasteiger partial charge in [-0.3, -0.25) is 4.90 Å². The van der Waals surface area contributed by atoms with Crippen molar-refractivity contribution in [1.29, 1.82) is 0 Å². The molecule has 1 N–H and O–H groups in total. The van der Waals surface area contributed by atoms with Gasteiger partial charge in [0.05, 0.1) is 13.2 Å². The molecule has 0 bridgehead atoms. The van der Waals surface area contributed by atoms with Crippen LogP contribution in [0.4, 0.5) is 0 Å². The van der Waals surface area contributed by atoms with Crippen LogP contribution in [0, 0.1) is 6.92 Å². The normalized spacial score (nSPS) is 17.6. The molecular weight excluding hydrogens is 368 g/mol. The van der Waals surface area contributed by atoms with E-state index in [9.17, 15) is 8.42 Å². The van der Waals surface area contributed by atoms with E-state index in [2.05, 4.69) is 21.1 Å². The number of sulfonamides is 1. The van der Waals surface area contributed by atoms with Crippen LogP contribution in [0.1, 0.15) is 22.7 Å². The number of ether oxygens (including phenoxy) is 1. The van der Waals surface area contributed by atoms with Gasteiger partial charge in [-0.15, -0.1) is 0 Å². The number of aryl methyl sites for hydroxylation is 1. The summed E-state index contributed by atoms with van der Waals surface area (Å²) in [5, 5.41) is 5.34. The lowest BCUT2D eigenvalue weighted by molar-refractivity contribution is 0.0173. The molecule has 1 aliphatic heterocycles. The quantitative estimate of drug-likeness (QED) is 0.787. The van der Waals surface area contributed by atoms with Gasteiger partial charge >= 0.3 is 0 Å². The molecule has 140 valence electrons. The molecule has 1 saturated heterocycles. The average Bonchev–Trinajstić information content (AvgIpc) is 3.17. The predicted octanol–water partition coefficient (Wildman–Crippen LogP) is 3.02. The second kappa shape index (κ2) is 8.92. The van der Waals surface area contributed by atoms with Crippen molar-refractivity contribution in [2.24, 2.45) is 0 Å². The lowest BCUT2D eigenvalue weighted by atomic mass is 10.1. The molecule has 1 unspecified atom stereocenters. The van der Waals surface area contributed by atoms with Crippen LogP contribution in [0.3, 0.4) is 0 Å². The molecule has 0 saturated carbocycles. The Morgan fingerprint density at radius 2 is 1.96 bits per heavy atom. The molecule has 3 rings (SSSR count). The Bertz CT molecular complexity index is 809. The maximum absolute atomic E-state index is 12.4. The number of nitrogens with one attached hydrogen (secondary N) is 1. The standard InChI is InChI=1S/C19H24N2O3S2/c1-16-2-4-17(5-3-16)7-13-26(22,23)20-14-19(18-6-12-25-15-18)21-8-10-24-11-9-21/h2-7,12-13,15,19-20H,8-11,14H2,1H3. The smallest absolute Gasteiger partial charge is 0.233 e. The zero-order valence-corrected chi connectivity index (χ0v) is 16.4. The van der Waals surface area contributed by atoms with Crippen LogP contribution >= 0.6 is 11.3 Å². The van der Waals surface area contributed by atoms with Gasteiger partial charge in [0, 0.05) is 31.1 Å². The van der Waals surface area contributed by atoms with E-state index in [1.807, 2.05) is 36.6 Å². The van der Waals surface area contributed by atoms with Crippen LogP contribution < -0.4 is 4.72 Å². The van der Waals surface area contributed by atoms with E-state index >= 15 is 0 Å². The van der Waals surface area contributed by atoms with Gasteiger partial charge in [-0.2, -0.15) is 11.3 Å². The van der Waals surface area contributed by atoms with Crippen LogP contribution in [0.5, 0.6) is 0 Å². The van der Waals surface area contributed by atoms with E-state index < -0.39 is 10.0 Å². The number of nitrogens with zero attached hydrogens (tertiary/aromatic N) is 1. The molecule has 1 atom stereocenters. The fourth-order valence-corrected chi connectivity index (χ4v) is 4.43. The predicted molar refractivity (Wildman–Crippen MR) is 107 cm³/mol. The van der Waals surface area contributed by atoms with Crippen LogP contribution in [0.25, 0.3) is 6.08 Å². The Hall–Kier alpha value is -1.51.